The van der Waals surface area contributed by atoms with Crippen molar-refractivity contribution in [1.29, 1.82) is 0 Å². The molecule has 2 aromatic heterocycles. The van der Waals surface area contributed by atoms with Gasteiger partial charge in [-0.1, -0.05) is 0 Å². The van der Waals surface area contributed by atoms with Crippen LogP contribution in [0.1, 0.15) is 16.1 Å². The maximum Gasteiger partial charge on any atom is 0.291 e. The fourth-order valence-electron chi connectivity index (χ4n) is 2.37. The van der Waals surface area contributed by atoms with Crippen LogP contribution in [0.3, 0.4) is 0 Å². The minimum Gasteiger partial charge on any atom is -0.496 e. The number of rotatable bonds is 7. The molecule has 27 heavy (non-hydrogen) atoms. The van der Waals surface area contributed by atoms with Gasteiger partial charge in [0.15, 0.2) is 23.0 Å². The van der Waals surface area contributed by atoms with Crippen molar-refractivity contribution in [2.75, 3.05) is 21.3 Å². The van der Waals surface area contributed by atoms with Crippen LogP contribution in [-0.2, 0) is 0 Å². The lowest BCUT2D eigenvalue weighted by atomic mass is 10.2. The Morgan fingerprint density at radius 2 is 1.89 bits per heavy atom. The van der Waals surface area contributed by atoms with Gasteiger partial charge in [0.05, 0.1) is 33.8 Å². The summed E-state index contributed by atoms with van der Waals surface area (Å²) < 4.78 is 21.0. The molecule has 2 heterocycles. The third-order valence-electron chi connectivity index (χ3n) is 3.70. The largest absolute Gasteiger partial charge is 0.496 e. The number of H-pyrrole nitrogens is 1. The van der Waals surface area contributed by atoms with E-state index in [0.29, 0.717) is 34.3 Å². The van der Waals surface area contributed by atoms with E-state index < -0.39 is 5.91 Å². The van der Waals surface area contributed by atoms with Gasteiger partial charge in [-0.3, -0.25) is 9.89 Å². The smallest absolute Gasteiger partial charge is 0.291 e. The topological polar surface area (TPSA) is 111 Å². The van der Waals surface area contributed by atoms with Crippen molar-refractivity contribution < 1.29 is 23.4 Å². The molecule has 0 aliphatic heterocycles. The first kappa shape index (κ1) is 18.1. The number of hydrogen-bond acceptors (Lipinski definition) is 7. The molecule has 9 heteroatoms. The highest BCUT2D eigenvalue weighted by Gasteiger charge is 2.13. The van der Waals surface area contributed by atoms with Crippen LogP contribution in [0.4, 0.5) is 0 Å². The number of carbonyl (C=O) groups is 1. The molecule has 0 aliphatic rings. The minimum atomic E-state index is -0.472. The van der Waals surface area contributed by atoms with E-state index in [9.17, 15) is 4.79 Å². The number of amides is 1. The van der Waals surface area contributed by atoms with Crippen LogP contribution in [0.25, 0.3) is 11.5 Å². The fourth-order valence-corrected chi connectivity index (χ4v) is 2.37. The maximum atomic E-state index is 12.2. The molecular formula is C18H18N4O5. The lowest BCUT2D eigenvalue weighted by molar-refractivity contribution is 0.0950. The zero-order chi connectivity index (χ0) is 19.2. The fraction of sp³-hybridized carbons (Fsp3) is 0.167. The van der Waals surface area contributed by atoms with Crippen molar-refractivity contribution in [3.8, 4) is 28.7 Å². The summed E-state index contributed by atoms with van der Waals surface area (Å²) >= 11 is 0. The average Bonchev–Trinajstić information content (AvgIpc) is 3.38. The van der Waals surface area contributed by atoms with Crippen LogP contribution in [0.5, 0.6) is 17.2 Å². The summed E-state index contributed by atoms with van der Waals surface area (Å²) in [6.45, 7) is 0. The highest BCUT2D eigenvalue weighted by atomic mass is 16.5. The monoisotopic (exact) mass is 370 g/mol. The number of aromatic nitrogens is 2. The number of aromatic amines is 1. The van der Waals surface area contributed by atoms with E-state index >= 15 is 0 Å². The lowest BCUT2D eigenvalue weighted by Crippen LogP contribution is -2.18. The van der Waals surface area contributed by atoms with Gasteiger partial charge in [0.2, 0.25) is 0 Å². The Morgan fingerprint density at radius 1 is 1.15 bits per heavy atom. The van der Waals surface area contributed by atoms with E-state index in [1.165, 1.54) is 33.8 Å². The summed E-state index contributed by atoms with van der Waals surface area (Å²) in [6, 6.07) is 8.44. The van der Waals surface area contributed by atoms with E-state index in [1.807, 2.05) is 0 Å². The molecule has 1 aromatic carbocycles. The van der Waals surface area contributed by atoms with Crippen LogP contribution < -0.4 is 19.6 Å². The van der Waals surface area contributed by atoms with Gasteiger partial charge in [-0.2, -0.15) is 10.2 Å². The van der Waals surface area contributed by atoms with E-state index in [0.717, 1.165) is 0 Å². The highest BCUT2D eigenvalue weighted by molar-refractivity contribution is 5.94. The Bertz CT molecular complexity index is 947. The Morgan fingerprint density at radius 3 is 2.56 bits per heavy atom. The van der Waals surface area contributed by atoms with Gasteiger partial charge in [-0.05, 0) is 18.2 Å². The molecule has 0 fully saturated rings. The van der Waals surface area contributed by atoms with Gasteiger partial charge >= 0.3 is 0 Å². The molecule has 140 valence electrons. The number of benzene rings is 1. The molecule has 0 atom stereocenters. The van der Waals surface area contributed by atoms with Crippen LogP contribution in [0, 0.1) is 0 Å². The van der Waals surface area contributed by atoms with Crippen molar-refractivity contribution >= 4 is 12.1 Å². The molecule has 0 aliphatic carbocycles. The number of nitrogens with zero attached hydrogens (tertiary/aromatic N) is 2. The maximum absolute atomic E-state index is 12.2. The van der Waals surface area contributed by atoms with E-state index in [2.05, 4.69) is 20.7 Å². The Kier molecular flexibility index (Phi) is 5.41. The number of carbonyl (C=O) groups excluding carboxylic acids is 1. The predicted octanol–water partition coefficient (Wildman–Crippen LogP) is 2.46. The second-order valence-electron chi connectivity index (χ2n) is 5.29. The molecule has 0 spiro atoms. The summed E-state index contributed by atoms with van der Waals surface area (Å²) in [5.41, 5.74) is 3.79. The number of furan rings is 1. The molecule has 9 nitrogen and oxygen atoms in total. The molecule has 3 aromatic rings. The Hall–Kier alpha value is -3.75. The molecule has 2 N–H and O–H groups in total. The van der Waals surface area contributed by atoms with Gasteiger partial charge in [-0.25, -0.2) is 5.43 Å². The zero-order valence-electron chi connectivity index (χ0n) is 15.0. The predicted molar refractivity (Wildman–Crippen MR) is 97.4 cm³/mol. The van der Waals surface area contributed by atoms with Gasteiger partial charge in [0, 0.05) is 17.7 Å². The average molecular weight is 370 g/mol. The first-order valence-electron chi connectivity index (χ1n) is 7.89. The molecule has 1 amide bonds. The SMILES string of the molecule is COc1cc(OC)c(OC)cc1/C=N/NC(=O)c1cc(-c2ccco2)[nH]n1. The van der Waals surface area contributed by atoms with Crippen molar-refractivity contribution in [3.63, 3.8) is 0 Å². The summed E-state index contributed by atoms with van der Waals surface area (Å²) in [4.78, 5) is 12.2. The van der Waals surface area contributed by atoms with Crippen molar-refractivity contribution in [1.82, 2.24) is 15.6 Å². The second-order valence-corrected chi connectivity index (χ2v) is 5.29. The van der Waals surface area contributed by atoms with Crippen LogP contribution in [0.15, 0.2) is 46.1 Å². The second kappa shape index (κ2) is 8.09. The third-order valence-corrected chi connectivity index (χ3v) is 3.70. The molecular weight excluding hydrogens is 352 g/mol. The molecule has 0 saturated carbocycles. The number of hydrazone groups is 1. The zero-order valence-corrected chi connectivity index (χ0v) is 15.0. The summed E-state index contributed by atoms with van der Waals surface area (Å²) in [5.74, 6) is 1.67. The molecule has 0 radical (unpaired) electrons. The number of methoxy groups -OCH3 is 3. The first-order chi connectivity index (χ1) is 13.2. The molecule has 0 saturated heterocycles. The third kappa shape index (κ3) is 3.92. The minimum absolute atomic E-state index is 0.179. The normalized spacial score (nSPS) is 10.8. The molecule has 0 unspecified atom stereocenters. The van der Waals surface area contributed by atoms with Crippen molar-refractivity contribution in [2.24, 2.45) is 5.10 Å². The van der Waals surface area contributed by atoms with E-state index in [1.54, 1.807) is 30.3 Å². The number of hydrogen-bond donors (Lipinski definition) is 2. The summed E-state index contributed by atoms with van der Waals surface area (Å²) in [6.07, 6.45) is 2.98. The van der Waals surface area contributed by atoms with Gasteiger partial charge in [0.1, 0.15) is 11.4 Å². The summed E-state index contributed by atoms with van der Waals surface area (Å²) in [5, 5.41) is 10.6. The van der Waals surface area contributed by atoms with E-state index in [-0.39, 0.29) is 5.69 Å². The van der Waals surface area contributed by atoms with Crippen LogP contribution >= 0.6 is 0 Å². The summed E-state index contributed by atoms with van der Waals surface area (Å²) in [7, 11) is 4.59. The highest BCUT2D eigenvalue weighted by Crippen LogP contribution is 2.33. The van der Waals surface area contributed by atoms with Gasteiger partial charge in [-0.15, -0.1) is 0 Å². The van der Waals surface area contributed by atoms with Gasteiger partial charge < -0.3 is 18.6 Å². The number of ether oxygens (including phenoxy) is 3. The van der Waals surface area contributed by atoms with Gasteiger partial charge in [0.25, 0.3) is 5.91 Å². The Labute approximate surface area is 154 Å². The first-order valence-corrected chi connectivity index (χ1v) is 7.89. The molecule has 3 rings (SSSR count). The van der Waals surface area contributed by atoms with Crippen molar-refractivity contribution in [3.05, 3.63) is 47.9 Å². The number of nitrogens with one attached hydrogen (secondary N) is 2. The quantitative estimate of drug-likeness (QED) is 0.488. The van der Waals surface area contributed by atoms with E-state index in [4.69, 9.17) is 18.6 Å². The Balaban J connectivity index is 1.72. The van der Waals surface area contributed by atoms with Crippen molar-refractivity contribution in [2.45, 2.75) is 0 Å². The standard InChI is InChI=1S/C18H18N4O5/c1-24-15-9-17(26-3)16(25-2)7-11(15)10-19-22-18(23)13-8-12(20-21-13)14-5-4-6-27-14/h4-10H,1-3H3,(H,20,21)(H,22,23)/b19-10+. The van der Waals surface area contributed by atoms with Crippen LogP contribution in [0.2, 0.25) is 0 Å². The molecule has 0 bridgehead atoms. The van der Waals surface area contributed by atoms with Crippen LogP contribution in [-0.4, -0.2) is 43.6 Å². The lowest BCUT2D eigenvalue weighted by Gasteiger charge is -2.11.